The van der Waals surface area contributed by atoms with E-state index in [0.717, 1.165) is 0 Å². The molecule has 0 aliphatic rings. The molecule has 0 unspecified atom stereocenters. The number of benzene rings is 1. The van der Waals surface area contributed by atoms with Gasteiger partial charge >= 0.3 is 0 Å². The maximum atomic E-state index is 2.28. The van der Waals surface area contributed by atoms with Crippen LogP contribution in [0.4, 0.5) is 0 Å². The molecule has 0 N–H and O–H groups in total. The van der Waals surface area contributed by atoms with Crippen LogP contribution in [0.5, 0.6) is 0 Å². The lowest BCUT2D eigenvalue weighted by Crippen LogP contribution is -1.92. The van der Waals surface area contributed by atoms with Crippen LogP contribution in [-0.4, -0.2) is 0 Å². The second kappa shape index (κ2) is 7.27. The normalized spacial score (nSPS) is 12.4. The Kier molecular flexibility index (Phi) is 5.92. The van der Waals surface area contributed by atoms with Crippen LogP contribution in [0.15, 0.2) is 35.9 Å². The van der Waals surface area contributed by atoms with Crippen LogP contribution in [0.3, 0.4) is 0 Å². The molecule has 0 heterocycles. The quantitative estimate of drug-likeness (QED) is 0.593. The third kappa shape index (κ3) is 3.52. The van der Waals surface area contributed by atoms with Crippen molar-refractivity contribution < 1.29 is 0 Å². The lowest BCUT2D eigenvalue weighted by atomic mass is 9.92. The number of rotatable bonds is 6. The minimum Gasteiger partial charge on any atom is -0.0667 e. The zero-order valence-corrected chi connectivity index (χ0v) is 10.9. The second-order valence-electron chi connectivity index (χ2n) is 4.30. The molecule has 1 rings (SSSR count). The van der Waals surface area contributed by atoms with Crippen LogP contribution in [0.25, 0.3) is 5.57 Å². The maximum absolute atomic E-state index is 2.28. The van der Waals surface area contributed by atoms with Gasteiger partial charge in [0.25, 0.3) is 0 Å². The van der Waals surface area contributed by atoms with Crippen molar-refractivity contribution in [2.75, 3.05) is 0 Å². The third-order valence-corrected chi connectivity index (χ3v) is 3.03. The summed E-state index contributed by atoms with van der Waals surface area (Å²) in [7, 11) is 0. The van der Waals surface area contributed by atoms with Crippen LogP contribution in [-0.2, 0) is 0 Å². The first-order chi connectivity index (χ1) is 7.83. The van der Waals surface area contributed by atoms with Crippen molar-refractivity contribution in [2.24, 2.45) is 0 Å². The zero-order valence-electron chi connectivity index (χ0n) is 10.9. The van der Waals surface area contributed by atoms with Crippen molar-refractivity contribution >= 4 is 5.57 Å². The molecule has 0 saturated carbocycles. The van der Waals surface area contributed by atoms with E-state index >= 15 is 0 Å². The molecular formula is C16H24. The fourth-order valence-electron chi connectivity index (χ4n) is 2.26. The fraction of sp³-hybridized carbons (Fsp3) is 0.500. The summed E-state index contributed by atoms with van der Waals surface area (Å²) in [6.45, 7) is 6.82. The molecule has 0 heteroatoms. The average Bonchev–Trinajstić information content (AvgIpc) is 2.35. The standard InChI is InChI=1S/C16H24/c1-4-10-14(6-3)16(11-5-2)15-12-8-7-9-13-15/h7-9,12-13H,4-6,10-11H2,1-3H3/b16-14+. The van der Waals surface area contributed by atoms with Crippen molar-refractivity contribution in [1.82, 2.24) is 0 Å². The lowest BCUT2D eigenvalue weighted by Gasteiger charge is -2.13. The lowest BCUT2D eigenvalue weighted by molar-refractivity contribution is 0.845. The molecule has 1 aromatic rings. The topological polar surface area (TPSA) is 0 Å². The Morgan fingerprint density at radius 1 is 0.875 bits per heavy atom. The van der Waals surface area contributed by atoms with Crippen molar-refractivity contribution in [3.63, 3.8) is 0 Å². The summed E-state index contributed by atoms with van der Waals surface area (Å²) in [6.07, 6.45) is 6.15. The highest BCUT2D eigenvalue weighted by atomic mass is 14.1. The molecule has 0 spiro atoms. The molecule has 0 aliphatic heterocycles. The summed E-state index contributed by atoms with van der Waals surface area (Å²) < 4.78 is 0. The van der Waals surface area contributed by atoms with E-state index in [9.17, 15) is 0 Å². The molecule has 88 valence electrons. The summed E-state index contributed by atoms with van der Waals surface area (Å²) >= 11 is 0. The van der Waals surface area contributed by atoms with Crippen LogP contribution in [0.2, 0.25) is 0 Å². The molecule has 0 fully saturated rings. The van der Waals surface area contributed by atoms with Crippen LogP contribution >= 0.6 is 0 Å². The van der Waals surface area contributed by atoms with Gasteiger partial charge in [0.05, 0.1) is 0 Å². The van der Waals surface area contributed by atoms with Gasteiger partial charge in [0.1, 0.15) is 0 Å². The van der Waals surface area contributed by atoms with Crippen molar-refractivity contribution in [3.05, 3.63) is 41.5 Å². The van der Waals surface area contributed by atoms with Crippen molar-refractivity contribution in [3.8, 4) is 0 Å². The van der Waals surface area contributed by atoms with Gasteiger partial charge in [-0.2, -0.15) is 0 Å². The van der Waals surface area contributed by atoms with E-state index in [4.69, 9.17) is 0 Å². The van der Waals surface area contributed by atoms with Gasteiger partial charge < -0.3 is 0 Å². The molecule has 0 aliphatic carbocycles. The minimum atomic E-state index is 1.19. The van der Waals surface area contributed by atoms with Crippen LogP contribution < -0.4 is 0 Å². The Morgan fingerprint density at radius 2 is 1.50 bits per heavy atom. The first-order valence-corrected chi connectivity index (χ1v) is 6.59. The van der Waals surface area contributed by atoms with Gasteiger partial charge in [-0.3, -0.25) is 0 Å². The van der Waals surface area contributed by atoms with Crippen LogP contribution in [0.1, 0.15) is 58.4 Å². The summed E-state index contributed by atoms with van der Waals surface area (Å²) in [4.78, 5) is 0. The second-order valence-corrected chi connectivity index (χ2v) is 4.30. The molecule has 0 atom stereocenters. The van der Waals surface area contributed by atoms with E-state index < -0.39 is 0 Å². The molecule has 0 aromatic heterocycles. The van der Waals surface area contributed by atoms with Crippen molar-refractivity contribution in [2.45, 2.75) is 52.9 Å². The van der Waals surface area contributed by atoms with Crippen molar-refractivity contribution in [1.29, 1.82) is 0 Å². The van der Waals surface area contributed by atoms with E-state index in [1.807, 2.05) is 0 Å². The molecule has 0 nitrogen and oxygen atoms in total. The first-order valence-electron chi connectivity index (χ1n) is 6.59. The van der Waals surface area contributed by atoms with Gasteiger partial charge in [-0.15, -0.1) is 0 Å². The first kappa shape index (κ1) is 13.0. The number of allylic oxidation sites excluding steroid dienone is 2. The SMILES string of the molecule is CCC/C(CC)=C(\CCC)c1ccccc1. The van der Waals surface area contributed by atoms with Crippen LogP contribution in [0, 0.1) is 0 Å². The summed E-state index contributed by atoms with van der Waals surface area (Å²) in [5.41, 5.74) is 4.66. The summed E-state index contributed by atoms with van der Waals surface area (Å²) in [5, 5.41) is 0. The maximum Gasteiger partial charge on any atom is -0.0225 e. The van der Waals surface area contributed by atoms with Gasteiger partial charge in [0, 0.05) is 0 Å². The molecule has 0 radical (unpaired) electrons. The van der Waals surface area contributed by atoms with Gasteiger partial charge in [-0.1, -0.05) is 69.5 Å². The molecule has 0 bridgehead atoms. The molecule has 0 saturated heterocycles. The minimum absolute atomic E-state index is 1.19. The monoisotopic (exact) mass is 216 g/mol. The fourth-order valence-corrected chi connectivity index (χ4v) is 2.26. The molecule has 1 aromatic carbocycles. The van der Waals surface area contributed by atoms with Gasteiger partial charge in [-0.25, -0.2) is 0 Å². The predicted molar refractivity (Wildman–Crippen MR) is 73.5 cm³/mol. The third-order valence-electron chi connectivity index (χ3n) is 3.03. The highest BCUT2D eigenvalue weighted by Gasteiger charge is 2.06. The van der Waals surface area contributed by atoms with E-state index in [1.165, 1.54) is 37.7 Å². The van der Waals surface area contributed by atoms with Gasteiger partial charge in [-0.05, 0) is 30.4 Å². The average molecular weight is 216 g/mol. The van der Waals surface area contributed by atoms with E-state index in [1.54, 1.807) is 11.1 Å². The largest absolute Gasteiger partial charge is 0.0667 e. The number of hydrogen-bond donors (Lipinski definition) is 0. The smallest absolute Gasteiger partial charge is 0.0225 e. The summed E-state index contributed by atoms with van der Waals surface area (Å²) in [5.74, 6) is 0. The Balaban J connectivity index is 3.05. The highest BCUT2D eigenvalue weighted by molar-refractivity contribution is 5.68. The van der Waals surface area contributed by atoms with E-state index in [2.05, 4.69) is 51.1 Å². The van der Waals surface area contributed by atoms with Gasteiger partial charge in [0.15, 0.2) is 0 Å². The summed E-state index contributed by atoms with van der Waals surface area (Å²) in [6, 6.07) is 10.9. The molecular weight excluding hydrogens is 192 g/mol. The van der Waals surface area contributed by atoms with E-state index in [-0.39, 0.29) is 0 Å². The van der Waals surface area contributed by atoms with E-state index in [0.29, 0.717) is 0 Å². The molecule has 16 heavy (non-hydrogen) atoms. The highest BCUT2D eigenvalue weighted by Crippen LogP contribution is 2.28. The Labute approximate surface area is 100 Å². The number of hydrogen-bond acceptors (Lipinski definition) is 0. The Bertz CT molecular complexity index is 319. The van der Waals surface area contributed by atoms with Gasteiger partial charge in [0.2, 0.25) is 0 Å². The Morgan fingerprint density at radius 3 is 2.00 bits per heavy atom. The zero-order chi connectivity index (χ0) is 11.8. The Hall–Kier alpha value is -1.04. The predicted octanol–water partition coefficient (Wildman–Crippen LogP) is 5.45. The molecule has 0 amide bonds.